The Balaban J connectivity index is 1.45. The Morgan fingerprint density at radius 3 is 2.79 bits per heavy atom. The Hall–Kier alpha value is -2.15. The van der Waals surface area contributed by atoms with Crippen molar-refractivity contribution in [2.45, 2.75) is 26.5 Å². The molecule has 0 saturated carbocycles. The van der Waals surface area contributed by atoms with Crippen LogP contribution < -0.4 is 10.1 Å². The summed E-state index contributed by atoms with van der Waals surface area (Å²) < 4.78 is 12.9. The molecule has 0 aliphatic heterocycles. The van der Waals surface area contributed by atoms with E-state index < -0.39 is 0 Å². The SMILES string of the molecule is Cc1nn(CCCNC(=O)c2ccc(COc3cccc(Cl)c3Cl)o2)cc1Cl. The lowest BCUT2D eigenvalue weighted by atomic mass is 10.3. The molecule has 148 valence electrons. The molecule has 0 bridgehead atoms. The summed E-state index contributed by atoms with van der Waals surface area (Å²) >= 11 is 18.0. The highest BCUT2D eigenvalue weighted by Gasteiger charge is 2.12. The topological polar surface area (TPSA) is 69.3 Å². The predicted molar refractivity (Wildman–Crippen MR) is 108 cm³/mol. The fourth-order valence-electron chi connectivity index (χ4n) is 2.46. The highest BCUT2D eigenvalue weighted by molar-refractivity contribution is 6.42. The highest BCUT2D eigenvalue weighted by atomic mass is 35.5. The quantitative estimate of drug-likeness (QED) is 0.490. The van der Waals surface area contributed by atoms with E-state index in [0.29, 0.717) is 46.1 Å². The molecule has 3 rings (SSSR count). The predicted octanol–water partition coefficient (Wildman–Crippen LogP) is 5.14. The second-order valence-corrected chi connectivity index (χ2v) is 7.23. The van der Waals surface area contributed by atoms with Crippen molar-refractivity contribution in [2.75, 3.05) is 6.54 Å². The standard InChI is InChI=1S/C19H18Cl3N3O3/c1-12-15(21)10-25(24-12)9-3-8-23-19(26)17-7-6-13(28-17)11-27-16-5-2-4-14(20)18(16)22/h2,4-7,10H,3,8-9,11H2,1H3,(H,23,26). The third-order valence-corrected chi connectivity index (χ3v) is 5.08. The van der Waals surface area contributed by atoms with E-state index in [1.165, 1.54) is 0 Å². The van der Waals surface area contributed by atoms with Gasteiger partial charge in [0.2, 0.25) is 0 Å². The van der Waals surface area contributed by atoms with Gasteiger partial charge in [-0.3, -0.25) is 9.48 Å². The maximum absolute atomic E-state index is 12.2. The Kier molecular flexibility index (Phi) is 6.88. The molecule has 6 nitrogen and oxygen atoms in total. The van der Waals surface area contributed by atoms with Crippen LogP contribution in [0.3, 0.4) is 0 Å². The first kappa shape index (κ1) is 20.6. The third kappa shape index (κ3) is 5.22. The number of aromatic nitrogens is 2. The number of rotatable bonds is 8. The summed E-state index contributed by atoms with van der Waals surface area (Å²) in [5.74, 6) is 0.879. The molecule has 2 heterocycles. The van der Waals surface area contributed by atoms with Crippen LogP contribution in [-0.4, -0.2) is 22.2 Å². The van der Waals surface area contributed by atoms with Crippen LogP contribution in [0.2, 0.25) is 15.1 Å². The first-order valence-electron chi connectivity index (χ1n) is 8.57. The number of nitrogens with one attached hydrogen (secondary N) is 1. The van der Waals surface area contributed by atoms with E-state index in [4.69, 9.17) is 44.0 Å². The summed E-state index contributed by atoms with van der Waals surface area (Å²) in [7, 11) is 0. The van der Waals surface area contributed by atoms with Gasteiger partial charge in [0.1, 0.15) is 23.1 Å². The first-order chi connectivity index (χ1) is 13.4. The van der Waals surface area contributed by atoms with Crippen molar-refractivity contribution in [3.05, 3.63) is 68.8 Å². The molecular weight excluding hydrogens is 425 g/mol. The van der Waals surface area contributed by atoms with Crippen molar-refractivity contribution >= 4 is 40.7 Å². The van der Waals surface area contributed by atoms with Crippen molar-refractivity contribution < 1.29 is 13.9 Å². The third-order valence-electron chi connectivity index (χ3n) is 3.91. The molecule has 2 aromatic heterocycles. The number of halogens is 3. The van der Waals surface area contributed by atoms with E-state index in [-0.39, 0.29) is 18.3 Å². The number of benzene rings is 1. The maximum Gasteiger partial charge on any atom is 0.286 e. The molecule has 0 saturated heterocycles. The van der Waals surface area contributed by atoms with E-state index in [0.717, 1.165) is 5.69 Å². The zero-order valence-corrected chi connectivity index (χ0v) is 17.3. The van der Waals surface area contributed by atoms with Gasteiger partial charge in [0.05, 0.1) is 15.7 Å². The smallest absolute Gasteiger partial charge is 0.286 e. The Labute approximate surface area is 177 Å². The van der Waals surface area contributed by atoms with Crippen LogP contribution in [0, 0.1) is 6.92 Å². The fourth-order valence-corrected chi connectivity index (χ4v) is 2.96. The minimum Gasteiger partial charge on any atom is -0.484 e. The molecule has 3 aromatic rings. The van der Waals surface area contributed by atoms with Crippen molar-refractivity contribution in [1.82, 2.24) is 15.1 Å². The number of hydrogen-bond acceptors (Lipinski definition) is 4. The monoisotopic (exact) mass is 441 g/mol. The number of nitrogens with zero attached hydrogens (tertiary/aromatic N) is 2. The van der Waals surface area contributed by atoms with Crippen LogP contribution in [-0.2, 0) is 13.2 Å². The van der Waals surface area contributed by atoms with Gasteiger partial charge >= 0.3 is 0 Å². The second-order valence-electron chi connectivity index (χ2n) is 6.04. The van der Waals surface area contributed by atoms with Crippen LogP contribution in [0.5, 0.6) is 5.75 Å². The Morgan fingerprint density at radius 1 is 1.21 bits per heavy atom. The van der Waals surface area contributed by atoms with Gasteiger partial charge in [-0.25, -0.2) is 0 Å². The van der Waals surface area contributed by atoms with Gasteiger partial charge < -0.3 is 14.5 Å². The average molecular weight is 443 g/mol. The molecule has 1 amide bonds. The summed E-state index contributed by atoms with van der Waals surface area (Å²) in [5.41, 5.74) is 0.787. The number of hydrogen-bond donors (Lipinski definition) is 1. The zero-order valence-electron chi connectivity index (χ0n) is 15.0. The van der Waals surface area contributed by atoms with E-state index >= 15 is 0 Å². The average Bonchev–Trinajstić information content (AvgIpc) is 3.27. The number of aryl methyl sites for hydroxylation is 2. The van der Waals surface area contributed by atoms with Crippen LogP contribution in [0.4, 0.5) is 0 Å². The molecule has 0 atom stereocenters. The van der Waals surface area contributed by atoms with Gasteiger partial charge in [-0.1, -0.05) is 40.9 Å². The van der Waals surface area contributed by atoms with Crippen LogP contribution in [0.1, 0.15) is 28.4 Å². The molecular formula is C19H18Cl3N3O3. The van der Waals surface area contributed by atoms with Crippen molar-refractivity contribution in [2.24, 2.45) is 0 Å². The molecule has 1 aromatic carbocycles. The number of amides is 1. The van der Waals surface area contributed by atoms with Gasteiger partial charge in [0, 0.05) is 19.3 Å². The molecule has 0 aliphatic rings. The lowest BCUT2D eigenvalue weighted by molar-refractivity contribution is 0.0921. The summed E-state index contributed by atoms with van der Waals surface area (Å²) in [5, 5.41) is 8.45. The van der Waals surface area contributed by atoms with Crippen LogP contribution in [0.25, 0.3) is 0 Å². The molecule has 0 radical (unpaired) electrons. The van der Waals surface area contributed by atoms with E-state index in [1.54, 1.807) is 41.2 Å². The lowest BCUT2D eigenvalue weighted by Crippen LogP contribution is -2.24. The van der Waals surface area contributed by atoms with Gasteiger partial charge in [-0.05, 0) is 37.6 Å². The van der Waals surface area contributed by atoms with Crippen molar-refractivity contribution in [1.29, 1.82) is 0 Å². The lowest BCUT2D eigenvalue weighted by Gasteiger charge is -2.07. The molecule has 0 unspecified atom stereocenters. The number of ether oxygens (including phenoxy) is 1. The van der Waals surface area contributed by atoms with Crippen molar-refractivity contribution in [3.63, 3.8) is 0 Å². The van der Waals surface area contributed by atoms with Crippen molar-refractivity contribution in [3.8, 4) is 5.75 Å². The maximum atomic E-state index is 12.2. The van der Waals surface area contributed by atoms with E-state index in [1.807, 2.05) is 6.92 Å². The Morgan fingerprint density at radius 2 is 2.04 bits per heavy atom. The van der Waals surface area contributed by atoms with Gasteiger partial charge in [0.15, 0.2) is 5.76 Å². The van der Waals surface area contributed by atoms with Gasteiger partial charge in [0.25, 0.3) is 5.91 Å². The first-order valence-corrected chi connectivity index (χ1v) is 9.70. The summed E-state index contributed by atoms with van der Waals surface area (Å²) in [6, 6.07) is 8.41. The summed E-state index contributed by atoms with van der Waals surface area (Å²) in [6.45, 7) is 3.12. The van der Waals surface area contributed by atoms with Crippen LogP contribution in [0.15, 0.2) is 40.9 Å². The molecule has 0 aliphatic carbocycles. The molecule has 0 fully saturated rings. The number of carbonyl (C=O) groups is 1. The molecule has 28 heavy (non-hydrogen) atoms. The van der Waals surface area contributed by atoms with Gasteiger partial charge in [-0.2, -0.15) is 5.10 Å². The summed E-state index contributed by atoms with van der Waals surface area (Å²) in [4.78, 5) is 12.2. The molecule has 1 N–H and O–H groups in total. The fraction of sp³-hybridized carbons (Fsp3) is 0.263. The Bertz CT molecular complexity index is 949. The molecule has 9 heteroatoms. The molecule has 0 spiro atoms. The van der Waals surface area contributed by atoms with Crippen LogP contribution >= 0.6 is 34.8 Å². The van der Waals surface area contributed by atoms with Gasteiger partial charge in [-0.15, -0.1) is 0 Å². The minimum absolute atomic E-state index is 0.132. The number of furan rings is 1. The summed E-state index contributed by atoms with van der Waals surface area (Å²) in [6.07, 6.45) is 2.48. The largest absolute Gasteiger partial charge is 0.484 e. The minimum atomic E-state index is -0.290. The number of carbonyl (C=O) groups excluding carboxylic acids is 1. The van der Waals surface area contributed by atoms with E-state index in [2.05, 4.69) is 10.4 Å². The highest BCUT2D eigenvalue weighted by Crippen LogP contribution is 2.32. The normalized spacial score (nSPS) is 10.9. The second kappa shape index (κ2) is 9.37. The van der Waals surface area contributed by atoms with E-state index in [9.17, 15) is 4.79 Å². The zero-order chi connectivity index (χ0) is 20.1.